The van der Waals surface area contributed by atoms with Gasteiger partial charge in [-0.2, -0.15) is 17.5 Å². The summed E-state index contributed by atoms with van der Waals surface area (Å²) in [5.41, 5.74) is -2.05. The van der Waals surface area contributed by atoms with Crippen molar-refractivity contribution in [1.82, 2.24) is 4.31 Å². The molecule has 0 aliphatic carbocycles. The zero-order valence-electron chi connectivity index (χ0n) is 13.2. The zero-order valence-corrected chi connectivity index (χ0v) is 14.1. The lowest BCUT2D eigenvalue weighted by Crippen LogP contribution is -2.44. The van der Waals surface area contributed by atoms with E-state index in [9.17, 15) is 26.7 Å². The highest BCUT2D eigenvalue weighted by Gasteiger charge is 2.77. The van der Waals surface area contributed by atoms with E-state index in [0.717, 1.165) is 5.56 Å². The second kappa shape index (κ2) is 5.82. The Kier molecular flexibility index (Phi) is 4.17. The van der Waals surface area contributed by atoms with Crippen LogP contribution >= 0.6 is 0 Å². The number of rotatable bonds is 4. The fourth-order valence-corrected chi connectivity index (χ4v) is 4.57. The van der Waals surface area contributed by atoms with Crippen molar-refractivity contribution in [2.45, 2.75) is 29.6 Å². The van der Waals surface area contributed by atoms with Crippen LogP contribution in [0.15, 0.2) is 59.5 Å². The largest absolute Gasteiger partial charge is 0.411 e. The van der Waals surface area contributed by atoms with Crippen molar-refractivity contribution in [3.63, 3.8) is 0 Å². The van der Waals surface area contributed by atoms with Crippen molar-refractivity contribution in [2.24, 2.45) is 0 Å². The molecule has 8 heteroatoms. The van der Waals surface area contributed by atoms with E-state index in [4.69, 9.17) is 0 Å². The van der Waals surface area contributed by atoms with Gasteiger partial charge in [0, 0.05) is 6.54 Å². The molecule has 0 aromatic heterocycles. The highest BCUT2D eigenvalue weighted by molar-refractivity contribution is 7.89. The van der Waals surface area contributed by atoms with Gasteiger partial charge in [0.2, 0.25) is 10.0 Å². The summed E-state index contributed by atoms with van der Waals surface area (Å²) >= 11 is 0. The van der Waals surface area contributed by atoms with Crippen LogP contribution in [0, 0.1) is 6.92 Å². The van der Waals surface area contributed by atoms with Crippen LogP contribution in [0.3, 0.4) is 0 Å². The van der Waals surface area contributed by atoms with E-state index in [0.29, 0.717) is 4.31 Å². The third-order valence-electron chi connectivity index (χ3n) is 4.39. The molecule has 0 spiro atoms. The van der Waals surface area contributed by atoms with Gasteiger partial charge in [0.25, 0.3) is 0 Å². The summed E-state index contributed by atoms with van der Waals surface area (Å²) in [5.74, 6) is 0. The van der Waals surface area contributed by atoms with Gasteiger partial charge in [-0.15, -0.1) is 0 Å². The minimum Gasteiger partial charge on any atom is -0.386 e. The molecule has 134 valence electrons. The lowest BCUT2D eigenvalue weighted by atomic mass is 9.95. The van der Waals surface area contributed by atoms with Gasteiger partial charge in [-0.3, -0.25) is 0 Å². The third kappa shape index (κ3) is 2.84. The Labute approximate surface area is 143 Å². The molecule has 3 atom stereocenters. The normalized spacial score (nSPS) is 24.8. The maximum absolute atomic E-state index is 13.7. The SMILES string of the molecule is Cc1ccc(S(=O)(=O)N2C[C@]2(C(O)c2ccccc2)C(F)(F)F)cc1. The Bertz CT molecular complexity index is 866. The molecule has 2 aromatic rings. The summed E-state index contributed by atoms with van der Waals surface area (Å²) in [6.07, 6.45) is -6.92. The van der Waals surface area contributed by atoms with E-state index in [1.165, 1.54) is 48.5 Å². The first-order valence-corrected chi connectivity index (χ1v) is 8.94. The van der Waals surface area contributed by atoms with E-state index in [-0.39, 0.29) is 10.5 Å². The minimum absolute atomic E-state index is 0.0152. The van der Waals surface area contributed by atoms with Crippen molar-refractivity contribution < 1.29 is 26.7 Å². The summed E-state index contributed by atoms with van der Waals surface area (Å²) in [5, 5.41) is 10.3. The van der Waals surface area contributed by atoms with Gasteiger partial charge in [-0.05, 0) is 24.6 Å². The van der Waals surface area contributed by atoms with Crippen molar-refractivity contribution in [3.8, 4) is 0 Å². The molecule has 2 unspecified atom stereocenters. The molecule has 1 aliphatic rings. The van der Waals surface area contributed by atoms with Crippen molar-refractivity contribution >= 4 is 10.0 Å². The van der Waals surface area contributed by atoms with Crippen LogP contribution in [-0.4, -0.2) is 36.1 Å². The zero-order chi connectivity index (χ0) is 18.5. The second-order valence-electron chi connectivity index (χ2n) is 6.06. The predicted molar refractivity (Wildman–Crippen MR) is 85.3 cm³/mol. The molecule has 0 radical (unpaired) electrons. The van der Waals surface area contributed by atoms with Gasteiger partial charge in [0.1, 0.15) is 6.10 Å². The van der Waals surface area contributed by atoms with E-state index in [1.807, 2.05) is 0 Å². The lowest BCUT2D eigenvalue weighted by Gasteiger charge is -2.26. The number of sulfonamides is 1. The summed E-state index contributed by atoms with van der Waals surface area (Å²) < 4.78 is 66.7. The summed E-state index contributed by atoms with van der Waals surface area (Å²) in [6, 6.07) is 12.8. The Morgan fingerprint density at radius 1 is 1.08 bits per heavy atom. The topological polar surface area (TPSA) is 57.4 Å². The second-order valence-corrected chi connectivity index (χ2v) is 7.92. The first-order valence-electron chi connectivity index (χ1n) is 7.50. The maximum Gasteiger partial charge on any atom is 0.411 e. The summed E-state index contributed by atoms with van der Waals surface area (Å²) in [7, 11) is -4.37. The van der Waals surface area contributed by atoms with Crippen LogP contribution < -0.4 is 0 Å². The number of hydrogen-bond donors (Lipinski definition) is 1. The molecule has 3 rings (SSSR count). The number of benzene rings is 2. The van der Waals surface area contributed by atoms with Crippen LogP contribution in [0.1, 0.15) is 17.2 Å². The Hall–Kier alpha value is -1.90. The Morgan fingerprint density at radius 3 is 2.16 bits per heavy atom. The molecule has 0 amide bonds. The number of aliphatic hydroxyl groups is 1. The van der Waals surface area contributed by atoms with Crippen LogP contribution in [0.25, 0.3) is 0 Å². The van der Waals surface area contributed by atoms with Crippen molar-refractivity contribution in [3.05, 3.63) is 65.7 Å². The predicted octanol–water partition coefficient (Wildman–Crippen LogP) is 3.03. The first-order chi connectivity index (χ1) is 11.6. The van der Waals surface area contributed by atoms with Gasteiger partial charge >= 0.3 is 6.18 Å². The van der Waals surface area contributed by atoms with Crippen LogP contribution in [0.2, 0.25) is 0 Å². The molecule has 4 nitrogen and oxygen atoms in total. The molecule has 1 aliphatic heterocycles. The highest BCUT2D eigenvalue weighted by atomic mass is 32.2. The van der Waals surface area contributed by atoms with E-state index < -0.39 is 34.4 Å². The molecule has 25 heavy (non-hydrogen) atoms. The number of nitrogens with zero attached hydrogens (tertiary/aromatic N) is 1. The van der Waals surface area contributed by atoms with Crippen LogP contribution in [0.5, 0.6) is 0 Å². The van der Waals surface area contributed by atoms with Gasteiger partial charge in [0.15, 0.2) is 5.54 Å². The van der Waals surface area contributed by atoms with Gasteiger partial charge in [-0.25, -0.2) is 8.42 Å². The van der Waals surface area contributed by atoms with E-state index in [2.05, 4.69) is 0 Å². The van der Waals surface area contributed by atoms with E-state index >= 15 is 0 Å². The monoisotopic (exact) mass is 371 g/mol. The molecule has 0 saturated carbocycles. The van der Waals surface area contributed by atoms with Crippen molar-refractivity contribution in [2.75, 3.05) is 6.54 Å². The highest BCUT2D eigenvalue weighted by Crippen LogP contribution is 2.56. The van der Waals surface area contributed by atoms with Gasteiger partial charge in [-0.1, -0.05) is 48.0 Å². The van der Waals surface area contributed by atoms with E-state index in [1.54, 1.807) is 13.0 Å². The average molecular weight is 371 g/mol. The summed E-state index contributed by atoms with van der Waals surface area (Å²) in [6.45, 7) is 0.926. The quantitative estimate of drug-likeness (QED) is 0.841. The third-order valence-corrected chi connectivity index (χ3v) is 6.30. The Balaban J connectivity index is 2.02. The molecule has 0 bridgehead atoms. The fraction of sp³-hybridized carbons (Fsp3) is 0.294. The fourth-order valence-electron chi connectivity index (χ4n) is 2.84. The average Bonchev–Trinajstić information content (AvgIpc) is 3.33. The minimum atomic E-state index is -4.92. The number of halogens is 3. The summed E-state index contributed by atoms with van der Waals surface area (Å²) in [4.78, 5) is -0.232. The first kappa shape index (κ1) is 17.9. The lowest BCUT2D eigenvalue weighted by molar-refractivity contribution is -0.190. The molecule has 1 N–H and O–H groups in total. The number of aliphatic hydroxyl groups excluding tert-OH is 1. The van der Waals surface area contributed by atoms with Gasteiger partial charge in [0.05, 0.1) is 4.90 Å². The molecule has 1 heterocycles. The number of alkyl halides is 3. The molecule has 1 fully saturated rings. The smallest absolute Gasteiger partial charge is 0.386 e. The molecule has 2 aromatic carbocycles. The maximum atomic E-state index is 13.7. The molecule has 1 saturated heterocycles. The standard InChI is InChI=1S/C17H16F3NO3S/c1-12-7-9-14(10-8-12)25(23,24)21-11-16(21,17(18,19)20)15(22)13-5-3-2-4-6-13/h2-10,15,22H,11H2,1H3/t15?,16-,21?/m0/s1. The van der Waals surface area contributed by atoms with Crippen LogP contribution in [-0.2, 0) is 10.0 Å². The van der Waals surface area contributed by atoms with Gasteiger partial charge < -0.3 is 5.11 Å². The number of hydrogen-bond acceptors (Lipinski definition) is 3. The van der Waals surface area contributed by atoms with Crippen LogP contribution in [0.4, 0.5) is 13.2 Å². The molecular formula is C17H16F3NO3S. The Morgan fingerprint density at radius 2 is 1.64 bits per heavy atom. The molecular weight excluding hydrogens is 355 g/mol. The van der Waals surface area contributed by atoms with Crippen molar-refractivity contribution in [1.29, 1.82) is 0 Å². The number of aryl methyl sites for hydroxylation is 1.